The van der Waals surface area contributed by atoms with E-state index in [0.29, 0.717) is 0 Å². The van der Waals surface area contributed by atoms with Crippen LogP contribution in [0.5, 0.6) is 0 Å². The van der Waals surface area contributed by atoms with Gasteiger partial charge in [0.2, 0.25) is 0 Å². The summed E-state index contributed by atoms with van der Waals surface area (Å²) in [6.07, 6.45) is -1.59. The van der Waals surface area contributed by atoms with Crippen LogP contribution in [0, 0.1) is 11.3 Å². The third-order valence-electron chi connectivity index (χ3n) is 1.51. The molecule has 62 valence electrons. The zero-order valence-electron chi connectivity index (χ0n) is 6.57. The summed E-state index contributed by atoms with van der Waals surface area (Å²) in [5, 5.41) is 17.4. The molecule has 0 aliphatic carbocycles. The van der Waals surface area contributed by atoms with E-state index in [1.807, 2.05) is 0 Å². The van der Waals surface area contributed by atoms with Gasteiger partial charge in [-0.2, -0.15) is 5.26 Å². The van der Waals surface area contributed by atoms with E-state index in [2.05, 4.69) is 0 Å². The van der Waals surface area contributed by atoms with Crippen molar-refractivity contribution in [2.24, 2.45) is 0 Å². The second-order valence-electron chi connectivity index (χ2n) is 2.94. The summed E-state index contributed by atoms with van der Waals surface area (Å²) in [6.45, 7) is 3.77. The molecular formula is C7H11NO3. The number of hydrogen-bond acceptors (Lipinski definition) is 4. The minimum absolute atomic E-state index is 0.279. The Bertz CT molecular complexity index is 185. The molecule has 1 fully saturated rings. The first-order valence-electron chi connectivity index (χ1n) is 3.44. The van der Waals surface area contributed by atoms with Gasteiger partial charge in [-0.15, -0.1) is 0 Å². The summed E-state index contributed by atoms with van der Waals surface area (Å²) in [4.78, 5) is 0. The fourth-order valence-corrected chi connectivity index (χ4v) is 0.954. The van der Waals surface area contributed by atoms with Gasteiger partial charge in [0.25, 0.3) is 0 Å². The maximum absolute atomic E-state index is 9.02. The second kappa shape index (κ2) is 2.78. The van der Waals surface area contributed by atoms with Crippen molar-refractivity contribution >= 4 is 0 Å². The SMILES string of the molecule is CC1(C)OC[C@@H]([C@H](O)C#N)O1. The first kappa shape index (κ1) is 8.47. The Morgan fingerprint density at radius 3 is 2.73 bits per heavy atom. The largest absolute Gasteiger partial charge is 0.375 e. The number of ether oxygens (including phenoxy) is 2. The van der Waals surface area contributed by atoms with Crippen LogP contribution in [0.25, 0.3) is 0 Å². The molecule has 0 spiro atoms. The molecule has 0 radical (unpaired) electrons. The molecule has 1 saturated heterocycles. The van der Waals surface area contributed by atoms with Crippen LogP contribution in [0.3, 0.4) is 0 Å². The Kier molecular flexibility index (Phi) is 2.14. The Morgan fingerprint density at radius 2 is 2.36 bits per heavy atom. The normalized spacial score (nSPS) is 31.3. The third kappa shape index (κ3) is 1.90. The van der Waals surface area contributed by atoms with E-state index in [-0.39, 0.29) is 6.61 Å². The van der Waals surface area contributed by atoms with Gasteiger partial charge in [-0.3, -0.25) is 0 Å². The monoisotopic (exact) mass is 157 g/mol. The van der Waals surface area contributed by atoms with Gasteiger partial charge in [-0.05, 0) is 13.8 Å². The molecule has 0 aromatic heterocycles. The first-order valence-corrected chi connectivity index (χ1v) is 3.44. The maximum Gasteiger partial charge on any atom is 0.168 e. The molecule has 0 aromatic carbocycles. The van der Waals surface area contributed by atoms with Gasteiger partial charge in [0.05, 0.1) is 12.7 Å². The van der Waals surface area contributed by atoms with Crippen LogP contribution < -0.4 is 0 Å². The molecule has 11 heavy (non-hydrogen) atoms. The number of nitriles is 1. The van der Waals surface area contributed by atoms with Crippen LogP contribution in [-0.2, 0) is 9.47 Å². The Labute approximate surface area is 65.3 Å². The highest BCUT2D eigenvalue weighted by Crippen LogP contribution is 2.23. The molecular weight excluding hydrogens is 146 g/mol. The van der Waals surface area contributed by atoms with Crippen LogP contribution in [0.15, 0.2) is 0 Å². The molecule has 1 aliphatic heterocycles. The molecule has 4 heteroatoms. The van der Waals surface area contributed by atoms with E-state index in [9.17, 15) is 0 Å². The Morgan fingerprint density at radius 1 is 1.73 bits per heavy atom. The van der Waals surface area contributed by atoms with Crippen LogP contribution in [-0.4, -0.2) is 29.7 Å². The van der Waals surface area contributed by atoms with Crippen LogP contribution >= 0.6 is 0 Å². The van der Waals surface area contributed by atoms with E-state index in [4.69, 9.17) is 19.8 Å². The predicted molar refractivity (Wildman–Crippen MR) is 36.5 cm³/mol. The maximum atomic E-state index is 9.02. The zero-order valence-corrected chi connectivity index (χ0v) is 6.57. The van der Waals surface area contributed by atoms with Gasteiger partial charge in [-0.25, -0.2) is 0 Å². The molecule has 1 aliphatic rings. The van der Waals surface area contributed by atoms with Gasteiger partial charge in [0.1, 0.15) is 6.10 Å². The molecule has 0 amide bonds. The van der Waals surface area contributed by atoms with Crippen LogP contribution in [0.4, 0.5) is 0 Å². The lowest BCUT2D eigenvalue weighted by molar-refractivity contribution is -0.146. The molecule has 2 atom stereocenters. The lowest BCUT2D eigenvalue weighted by atomic mass is 10.2. The lowest BCUT2D eigenvalue weighted by Gasteiger charge is -2.17. The Hall–Kier alpha value is -0.630. The summed E-state index contributed by atoms with van der Waals surface area (Å²) in [5.41, 5.74) is 0. The number of nitrogens with zero attached hydrogens (tertiary/aromatic N) is 1. The zero-order chi connectivity index (χ0) is 8.48. The van der Waals surface area contributed by atoms with Crippen molar-refractivity contribution in [2.75, 3.05) is 6.61 Å². The highest BCUT2D eigenvalue weighted by molar-refractivity contribution is 4.91. The molecule has 0 unspecified atom stereocenters. The van der Waals surface area contributed by atoms with Crippen molar-refractivity contribution in [3.05, 3.63) is 0 Å². The van der Waals surface area contributed by atoms with Crippen molar-refractivity contribution in [1.29, 1.82) is 5.26 Å². The standard InChI is InChI=1S/C7H11NO3/c1-7(2)10-4-6(11-7)5(9)3-8/h5-6,9H,4H2,1-2H3/t5-,6+/m1/s1. The summed E-state index contributed by atoms with van der Waals surface area (Å²) >= 11 is 0. The van der Waals surface area contributed by atoms with E-state index in [1.165, 1.54) is 0 Å². The van der Waals surface area contributed by atoms with Crippen molar-refractivity contribution in [1.82, 2.24) is 0 Å². The minimum atomic E-state index is -1.09. The van der Waals surface area contributed by atoms with Crippen molar-refractivity contribution in [3.63, 3.8) is 0 Å². The van der Waals surface area contributed by atoms with Crippen LogP contribution in [0.2, 0.25) is 0 Å². The average molecular weight is 157 g/mol. The Balaban J connectivity index is 2.50. The molecule has 1 rings (SSSR count). The smallest absolute Gasteiger partial charge is 0.168 e. The minimum Gasteiger partial charge on any atom is -0.375 e. The van der Waals surface area contributed by atoms with Gasteiger partial charge in [-0.1, -0.05) is 0 Å². The van der Waals surface area contributed by atoms with Gasteiger partial charge in [0, 0.05) is 0 Å². The van der Waals surface area contributed by atoms with Gasteiger partial charge in [0.15, 0.2) is 11.9 Å². The first-order chi connectivity index (χ1) is 5.05. The second-order valence-corrected chi connectivity index (χ2v) is 2.94. The van der Waals surface area contributed by atoms with Crippen molar-refractivity contribution in [3.8, 4) is 6.07 Å². The number of aliphatic hydroxyl groups is 1. The molecule has 0 bridgehead atoms. The number of aliphatic hydroxyl groups excluding tert-OH is 1. The fraction of sp³-hybridized carbons (Fsp3) is 0.857. The summed E-state index contributed by atoms with van der Waals surface area (Å²) < 4.78 is 10.3. The van der Waals surface area contributed by atoms with Crippen LogP contribution in [0.1, 0.15) is 13.8 Å². The van der Waals surface area contributed by atoms with Crippen molar-refractivity contribution < 1.29 is 14.6 Å². The summed E-state index contributed by atoms with van der Waals surface area (Å²) in [6, 6.07) is 1.70. The predicted octanol–water partition coefficient (Wildman–Crippen LogP) is 0.0224. The summed E-state index contributed by atoms with van der Waals surface area (Å²) in [5.74, 6) is -0.664. The lowest BCUT2D eigenvalue weighted by Crippen LogP contribution is -2.29. The van der Waals surface area contributed by atoms with E-state index >= 15 is 0 Å². The highest BCUT2D eigenvalue weighted by Gasteiger charge is 2.36. The fourth-order valence-electron chi connectivity index (χ4n) is 0.954. The number of rotatable bonds is 1. The van der Waals surface area contributed by atoms with E-state index < -0.39 is 18.0 Å². The van der Waals surface area contributed by atoms with E-state index in [0.717, 1.165) is 0 Å². The molecule has 4 nitrogen and oxygen atoms in total. The van der Waals surface area contributed by atoms with Gasteiger partial charge >= 0.3 is 0 Å². The molecule has 1 N–H and O–H groups in total. The van der Waals surface area contributed by atoms with E-state index in [1.54, 1.807) is 19.9 Å². The molecule has 0 aromatic rings. The number of hydrogen-bond donors (Lipinski definition) is 1. The summed E-state index contributed by atoms with van der Waals surface area (Å²) in [7, 11) is 0. The van der Waals surface area contributed by atoms with Gasteiger partial charge < -0.3 is 14.6 Å². The quantitative estimate of drug-likeness (QED) is 0.545. The average Bonchev–Trinajstić information content (AvgIpc) is 2.29. The third-order valence-corrected chi connectivity index (χ3v) is 1.51. The topological polar surface area (TPSA) is 62.5 Å². The highest BCUT2D eigenvalue weighted by atomic mass is 16.7. The molecule has 1 heterocycles. The molecule has 0 saturated carbocycles. The van der Waals surface area contributed by atoms with Crippen molar-refractivity contribution in [2.45, 2.75) is 31.8 Å².